The minimum atomic E-state index is -0.115. The lowest BCUT2D eigenvalue weighted by Gasteiger charge is -2.33. The van der Waals surface area contributed by atoms with E-state index in [4.69, 9.17) is 27.9 Å². The first kappa shape index (κ1) is 15.2. The van der Waals surface area contributed by atoms with Crippen molar-refractivity contribution in [1.82, 2.24) is 5.32 Å². The van der Waals surface area contributed by atoms with E-state index < -0.39 is 0 Å². The van der Waals surface area contributed by atoms with Gasteiger partial charge in [-0.25, -0.2) is 0 Å². The molecule has 0 radical (unpaired) electrons. The zero-order chi connectivity index (χ0) is 15.0. The maximum atomic E-state index is 6.33. The molecule has 1 aliphatic rings. The van der Waals surface area contributed by atoms with Crippen LogP contribution in [0.4, 0.5) is 0 Å². The molecule has 0 saturated carbocycles. The van der Waals surface area contributed by atoms with Gasteiger partial charge in [-0.2, -0.15) is 0 Å². The summed E-state index contributed by atoms with van der Waals surface area (Å²) in [6.45, 7) is 0. The fourth-order valence-electron chi connectivity index (χ4n) is 2.67. The Morgan fingerprint density at radius 1 is 1.19 bits per heavy atom. The second-order valence-electron chi connectivity index (χ2n) is 5.01. The number of benzene rings is 2. The Balaban J connectivity index is 2.02. The molecule has 0 saturated heterocycles. The summed E-state index contributed by atoms with van der Waals surface area (Å²) in [6, 6.07) is 12.0. The third-order valence-corrected chi connectivity index (χ3v) is 5.07. The Hall–Kier alpha value is -0.740. The van der Waals surface area contributed by atoms with Crippen LogP contribution in [-0.2, 0) is 0 Å². The average molecular weight is 387 g/mol. The van der Waals surface area contributed by atoms with Crippen molar-refractivity contribution in [2.75, 3.05) is 7.05 Å². The van der Waals surface area contributed by atoms with Gasteiger partial charge in [-0.15, -0.1) is 0 Å². The van der Waals surface area contributed by atoms with Crippen molar-refractivity contribution in [3.63, 3.8) is 0 Å². The van der Waals surface area contributed by atoms with Crippen molar-refractivity contribution < 1.29 is 4.74 Å². The second kappa shape index (κ2) is 6.17. The lowest BCUT2D eigenvalue weighted by molar-refractivity contribution is 0.154. The van der Waals surface area contributed by atoms with E-state index in [0.29, 0.717) is 10.0 Å². The first-order valence-electron chi connectivity index (χ1n) is 6.67. The zero-order valence-electron chi connectivity index (χ0n) is 11.4. The monoisotopic (exact) mass is 385 g/mol. The molecule has 1 heterocycles. The predicted octanol–water partition coefficient (Wildman–Crippen LogP) is 5.54. The van der Waals surface area contributed by atoms with Crippen molar-refractivity contribution >= 4 is 39.1 Å². The van der Waals surface area contributed by atoms with E-state index in [1.165, 1.54) is 0 Å². The number of rotatable bonds is 2. The first-order chi connectivity index (χ1) is 10.1. The molecule has 1 N–H and O–H groups in total. The fraction of sp³-hybridized carbons (Fsp3) is 0.250. The molecule has 110 valence electrons. The maximum Gasteiger partial charge on any atom is 0.127 e. The quantitative estimate of drug-likeness (QED) is 0.731. The Morgan fingerprint density at radius 3 is 2.76 bits per heavy atom. The number of hydrogen-bond acceptors (Lipinski definition) is 2. The normalized spacial score (nSPS) is 20.8. The average Bonchev–Trinajstić information content (AvgIpc) is 2.48. The van der Waals surface area contributed by atoms with E-state index in [0.717, 1.165) is 27.8 Å². The van der Waals surface area contributed by atoms with Crippen LogP contribution in [-0.4, -0.2) is 7.05 Å². The molecule has 2 nitrogen and oxygen atoms in total. The lowest BCUT2D eigenvalue weighted by atomic mass is 9.93. The van der Waals surface area contributed by atoms with Gasteiger partial charge in [-0.05, 0) is 25.2 Å². The molecular formula is C16H14BrCl2NO. The molecule has 0 aliphatic carbocycles. The van der Waals surface area contributed by atoms with Crippen LogP contribution >= 0.6 is 39.1 Å². The van der Waals surface area contributed by atoms with Gasteiger partial charge in [0.25, 0.3) is 0 Å². The molecule has 3 rings (SSSR count). The molecular weight excluding hydrogens is 373 g/mol. The summed E-state index contributed by atoms with van der Waals surface area (Å²) < 4.78 is 7.15. The Kier molecular flexibility index (Phi) is 4.46. The molecule has 0 spiro atoms. The molecule has 2 unspecified atom stereocenters. The van der Waals surface area contributed by atoms with E-state index in [1.54, 1.807) is 6.07 Å². The van der Waals surface area contributed by atoms with Crippen LogP contribution in [0.25, 0.3) is 0 Å². The number of ether oxygens (including phenoxy) is 1. The van der Waals surface area contributed by atoms with Crippen molar-refractivity contribution in [1.29, 1.82) is 0 Å². The highest BCUT2D eigenvalue weighted by atomic mass is 79.9. The molecule has 2 aromatic rings. The predicted molar refractivity (Wildman–Crippen MR) is 90.4 cm³/mol. The Bertz CT molecular complexity index is 677. The number of fused-ring (bicyclic) bond motifs is 1. The van der Waals surface area contributed by atoms with Crippen LogP contribution in [0.1, 0.15) is 29.7 Å². The summed E-state index contributed by atoms with van der Waals surface area (Å²) in [5, 5.41) is 4.46. The molecule has 2 aromatic carbocycles. The van der Waals surface area contributed by atoms with Gasteiger partial charge in [-0.3, -0.25) is 0 Å². The van der Waals surface area contributed by atoms with Gasteiger partial charge < -0.3 is 10.1 Å². The largest absolute Gasteiger partial charge is 0.485 e. The highest BCUT2D eigenvalue weighted by molar-refractivity contribution is 9.10. The van der Waals surface area contributed by atoms with Crippen LogP contribution in [0.15, 0.2) is 40.9 Å². The van der Waals surface area contributed by atoms with Gasteiger partial charge in [0.15, 0.2) is 0 Å². The van der Waals surface area contributed by atoms with E-state index >= 15 is 0 Å². The summed E-state index contributed by atoms with van der Waals surface area (Å²) in [4.78, 5) is 0. The van der Waals surface area contributed by atoms with Gasteiger partial charge in [0.05, 0.1) is 10.0 Å². The summed E-state index contributed by atoms with van der Waals surface area (Å²) in [7, 11) is 1.96. The fourth-order valence-corrected chi connectivity index (χ4v) is 3.44. The van der Waals surface area contributed by atoms with Crippen LogP contribution in [0.2, 0.25) is 10.0 Å². The van der Waals surface area contributed by atoms with Gasteiger partial charge >= 0.3 is 0 Å². The second-order valence-corrected chi connectivity index (χ2v) is 6.71. The molecule has 0 fully saturated rings. The minimum Gasteiger partial charge on any atom is -0.485 e. The highest BCUT2D eigenvalue weighted by Gasteiger charge is 2.30. The van der Waals surface area contributed by atoms with Crippen LogP contribution in [0.5, 0.6) is 5.75 Å². The van der Waals surface area contributed by atoms with Crippen molar-refractivity contribution in [2.45, 2.75) is 18.6 Å². The molecule has 21 heavy (non-hydrogen) atoms. The number of halogens is 3. The van der Waals surface area contributed by atoms with Crippen molar-refractivity contribution in [3.05, 3.63) is 62.0 Å². The third-order valence-electron chi connectivity index (χ3n) is 3.75. The van der Waals surface area contributed by atoms with Crippen LogP contribution in [0, 0.1) is 0 Å². The third kappa shape index (κ3) is 2.93. The molecule has 0 bridgehead atoms. The number of hydrogen-bond donors (Lipinski definition) is 1. The van der Waals surface area contributed by atoms with E-state index in [2.05, 4.69) is 27.3 Å². The van der Waals surface area contributed by atoms with Crippen molar-refractivity contribution in [3.8, 4) is 5.75 Å². The molecule has 0 aromatic heterocycles. The van der Waals surface area contributed by atoms with Crippen LogP contribution in [0.3, 0.4) is 0 Å². The molecule has 5 heteroatoms. The summed E-state index contributed by atoms with van der Waals surface area (Å²) >= 11 is 15.9. The summed E-state index contributed by atoms with van der Waals surface area (Å²) in [5.74, 6) is 0.871. The lowest BCUT2D eigenvalue weighted by Crippen LogP contribution is -2.26. The van der Waals surface area contributed by atoms with Gasteiger partial charge in [0.1, 0.15) is 11.9 Å². The minimum absolute atomic E-state index is 0.115. The topological polar surface area (TPSA) is 21.3 Å². The molecule has 2 atom stereocenters. The smallest absolute Gasteiger partial charge is 0.127 e. The van der Waals surface area contributed by atoms with Gasteiger partial charge in [0, 0.05) is 28.1 Å². The van der Waals surface area contributed by atoms with Gasteiger partial charge in [0.2, 0.25) is 0 Å². The SMILES string of the molecule is CNC1CC(c2cccc(Cl)c2Cl)Oc2cc(Br)ccc21. The maximum absolute atomic E-state index is 6.33. The number of nitrogens with one attached hydrogen (secondary N) is 1. The van der Waals surface area contributed by atoms with E-state index in [-0.39, 0.29) is 12.1 Å². The molecule has 1 aliphatic heterocycles. The Labute approximate surface area is 142 Å². The standard InChI is InChI=1S/C16H14BrCl2NO/c1-20-13-8-15(11-3-2-4-12(18)16(11)19)21-14-7-9(17)5-6-10(13)14/h2-7,13,15,20H,8H2,1H3. The van der Waals surface area contributed by atoms with Gasteiger partial charge in [-0.1, -0.05) is 57.3 Å². The van der Waals surface area contributed by atoms with Crippen molar-refractivity contribution in [2.24, 2.45) is 0 Å². The zero-order valence-corrected chi connectivity index (χ0v) is 14.5. The summed E-state index contributed by atoms with van der Waals surface area (Å²) in [5.41, 5.74) is 2.09. The van der Waals surface area contributed by atoms with Crippen LogP contribution < -0.4 is 10.1 Å². The highest BCUT2D eigenvalue weighted by Crippen LogP contribution is 2.44. The Morgan fingerprint density at radius 2 is 2.00 bits per heavy atom. The summed E-state index contributed by atoms with van der Waals surface area (Å²) in [6.07, 6.45) is 0.695. The molecule has 0 amide bonds. The van der Waals surface area contributed by atoms with E-state index in [9.17, 15) is 0 Å². The first-order valence-corrected chi connectivity index (χ1v) is 8.22. The van der Waals surface area contributed by atoms with E-state index in [1.807, 2.05) is 31.3 Å².